The number of aldehydes is 1. The second-order valence-corrected chi connectivity index (χ2v) is 36.7. The molecular weight excluding hydrogens is 1630 g/mol. The fourth-order valence-electron chi connectivity index (χ4n) is 11.5. The third kappa shape index (κ3) is 26.6. The van der Waals surface area contributed by atoms with Crippen molar-refractivity contribution in [3.63, 3.8) is 0 Å². The Bertz CT molecular complexity index is 5590. The van der Waals surface area contributed by atoms with E-state index in [0.717, 1.165) is 45.4 Å². The summed E-state index contributed by atoms with van der Waals surface area (Å²) < 4.78 is 135. The fraction of sp³-hybridized carbons (Fsp3) is 0.341. The zero-order valence-electron chi connectivity index (χ0n) is 69.5. The average molecular weight is 1740 g/mol. The van der Waals surface area contributed by atoms with E-state index in [-0.39, 0.29) is 144 Å². The zero-order chi connectivity index (χ0) is 87.2. The first kappa shape index (κ1) is 92.6. The van der Waals surface area contributed by atoms with Crippen molar-refractivity contribution >= 4 is 94.6 Å². The van der Waals surface area contributed by atoms with Crippen molar-refractivity contribution < 1.29 is 72.7 Å². The minimum Gasteiger partial charge on any atom is -0.493 e. The number of ether oxygens (including phenoxy) is 8. The molecule has 10 aromatic rings. The Morgan fingerprint density at radius 2 is 0.950 bits per heavy atom. The monoisotopic (exact) mass is 1730 g/mol. The third-order valence-corrected chi connectivity index (χ3v) is 22.5. The minimum absolute atomic E-state index is 0.00399. The number of carbonyl (C=O) groups is 2. The first-order valence-corrected chi connectivity index (χ1v) is 43.8. The van der Waals surface area contributed by atoms with Gasteiger partial charge in [-0.25, -0.2) is 25.3 Å². The summed E-state index contributed by atoms with van der Waals surface area (Å²) >= 11 is 12.2. The number of nitrogens with one attached hydrogen (secondary N) is 4. The van der Waals surface area contributed by atoms with Crippen LogP contribution in [0.3, 0.4) is 0 Å². The molecule has 32 heteroatoms. The van der Waals surface area contributed by atoms with Gasteiger partial charge >= 0.3 is 0 Å². The SMILES string of the molecule is C#CCCCOc1nc(Cl)nc(NS(=O)(=O)c2ccc(C(C)(C)C)cc2)c1Oc1cccc(C)c1.COc1ccccc1Oc1c(NS(=O)(=O)c2ccc(C(C)(C)C)cc2)nc(N2CCOCC2)nc1OCCC(=O)Nc1ccccc1C(C)C.Cc1cccc(Oc2c(NS(=O)(=O)c3ccc(C(C)(C)C)cc3)nc(Cl)nc2OCCCC=O)c1. The number of aromatic nitrogens is 6. The number of para-hydroxylation sites is 3. The van der Waals surface area contributed by atoms with Gasteiger partial charge in [0.15, 0.2) is 29.0 Å². The number of hydrogen-bond acceptors (Lipinski definition) is 23. The lowest BCUT2D eigenvalue weighted by Gasteiger charge is -2.28. The molecule has 4 heterocycles. The maximum Gasteiger partial charge on any atom is 0.265 e. The zero-order valence-corrected chi connectivity index (χ0v) is 73.5. The molecule has 1 aliphatic rings. The summed E-state index contributed by atoms with van der Waals surface area (Å²) in [5, 5.41) is 2.54. The van der Waals surface area contributed by atoms with Crippen LogP contribution in [0.2, 0.25) is 10.6 Å². The van der Waals surface area contributed by atoms with Gasteiger partial charge in [-0.05, 0) is 184 Å². The molecule has 0 radical (unpaired) electrons. The molecular formula is C88H101Cl2N11O16S3. The van der Waals surface area contributed by atoms with Crippen LogP contribution >= 0.6 is 23.2 Å². The molecule has 1 fully saturated rings. The summed E-state index contributed by atoms with van der Waals surface area (Å²) in [6.07, 6.45) is 7.90. The lowest BCUT2D eigenvalue weighted by atomic mass is 9.87. The number of terminal acetylenes is 1. The van der Waals surface area contributed by atoms with Gasteiger partial charge in [0.05, 0.1) is 61.3 Å². The number of morpholine rings is 1. The van der Waals surface area contributed by atoms with Crippen molar-refractivity contribution in [3.05, 3.63) is 214 Å². The highest BCUT2D eigenvalue weighted by Crippen LogP contribution is 2.44. The highest BCUT2D eigenvalue weighted by atomic mass is 35.5. The van der Waals surface area contributed by atoms with Crippen LogP contribution < -0.4 is 57.5 Å². The Morgan fingerprint density at radius 3 is 1.38 bits per heavy atom. The number of anilines is 5. The number of hydrogen-bond donors (Lipinski definition) is 4. The van der Waals surface area contributed by atoms with Gasteiger partial charge in [0.1, 0.15) is 17.8 Å². The Morgan fingerprint density at radius 1 is 0.533 bits per heavy atom. The number of benzene rings is 7. The smallest absolute Gasteiger partial charge is 0.265 e. The maximum atomic E-state index is 13.9. The van der Waals surface area contributed by atoms with Crippen LogP contribution in [0, 0.1) is 26.2 Å². The van der Waals surface area contributed by atoms with Gasteiger partial charge < -0.3 is 52.9 Å². The van der Waals surface area contributed by atoms with Crippen LogP contribution in [-0.4, -0.2) is 121 Å². The molecule has 7 aromatic carbocycles. The van der Waals surface area contributed by atoms with E-state index in [2.05, 4.69) is 111 Å². The van der Waals surface area contributed by atoms with Gasteiger partial charge in [0.25, 0.3) is 47.7 Å². The van der Waals surface area contributed by atoms with Crippen LogP contribution in [0.1, 0.15) is 148 Å². The Labute approximate surface area is 713 Å². The molecule has 1 saturated heterocycles. The standard InChI is InChI=1S/C37H45N5O7S.C26H28ClN3O4S.C25H28ClN3O5S/c1-25(2)28-11-7-8-12-29(28)38-32(43)19-22-48-35-33(49-31-14-10-9-13-30(31)46-6)34(39-36(40-35)42-20-23-47-24-21-42)41-50(44,45)27-17-15-26(16-18-27)37(3,4)5;1-6-7-8-16-33-24-22(34-20-11-9-10-18(2)17-20)23(28-25(27)29-24)30-35(31,32)21-14-12-19(13-15-21)26(3,4)5;1-17-8-7-9-19(16-17)34-21-22(27-24(26)28-23(21)33-15-6-5-14-30)29-35(31,32)20-12-10-18(11-13-20)25(2,3)4/h7-18,25H,19-24H2,1-6H3,(H,38,43)(H,39,40,41);1,9-15,17H,7-8,16H2,2-5H3,(H,28,29,30);7-14,16H,5-6,15H2,1-4H3,(H,27,28,29). The quantitative estimate of drug-likeness (QED) is 0.0132. The number of nitrogens with zero attached hydrogens (tertiary/aromatic N) is 7. The van der Waals surface area contributed by atoms with Gasteiger partial charge in [-0.3, -0.25) is 19.0 Å². The normalized spacial score (nSPS) is 12.4. The molecule has 0 spiro atoms. The van der Waals surface area contributed by atoms with Crippen molar-refractivity contribution in [1.29, 1.82) is 0 Å². The summed E-state index contributed by atoms with van der Waals surface area (Å²) in [6, 6.07) is 48.9. The Balaban J connectivity index is 0.000000210. The predicted molar refractivity (Wildman–Crippen MR) is 466 cm³/mol. The summed E-state index contributed by atoms with van der Waals surface area (Å²) in [5.74, 6) is 3.60. The molecule has 0 bridgehead atoms. The minimum atomic E-state index is -4.16. The molecule has 0 atom stereocenters. The molecule has 1 amide bonds. The molecule has 0 aliphatic carbocycles. The molecule has 1 aliphatic heterocycles. The maximum absolute atomic E-state index is 13.9. The number of amides is 1. The number of carbonyl (C=O) groups excluding carboxylic acids is 2. The molecule has 120 heavy (non-hydrogen) atoms. The van der Waals surface area contributed by atoms with Gasteiger partial charge in [0.2, 0.25) is 39.7 Å². The van der Waals surface area contributed by atoms with E-state index < -0.39 is 30.1 Å². The highest BCUT2D eigenvalue weighted by molar-refractivity contribution is 7.93. The molecule has 27 nitrogen and oxygen atoms in total. The van der Waals surface area contributed by atoms with Gasteiger partial charge in [-0.15, -0.1) is 12.3 Å². The number of methoxy groups -OCH3 is 1. The second kappa shape index (κ2) is 41.6. The number of unbranched alkanes of at least 4 members (excludes halogenated alkanes) is 2. The number of sulfonamides is 3. The van der Waals surface area contributed by atoms with Gasteiger partial charge in [-0.2, -0.15) is 29.9 Å². The topological polar surface area (TPSA) is 339 Å². The van der Waals surface area contributed by atoms with Crippen LogP contribution in [0.15, 0.2) is 185 Å². The van der Waals surface area contributed by atoms with E-state index >= 15 is 0 Å². The summed E-state index contributed by atoms with van der Waals surface area (Å²) in [7, 11) is -10.7. The van der Waals surface area contributed by atoms with E-state index in [4.69, 9.17) is 67.5 Å². The van der Waals surface area contributed by atoms with Crippen LogP contribution in [0.5, 0.6) is 57.9 Å². The van der Waals surface area contributed by atoms with E-state index in [1.54, 1.807) is 115 Å². The third-order valence-electron chi connectivity index (χ3n) is 18.1. The van der Waals surface area contributed by atoms with Crippen LogP contribution in [-0.2, 0) is 60.6 Å². The fourth-order valence-corrected chi connectivity index (χ4v) is 14.9. The lowest BCUT2D eigenvalue weighted by Crippen LogP contribution is -2.37. The van der Waals surface area contributed by atoms with Crippen molar-refractivity contribution in [1.82, 2.24) is 29.9 Å². The summed E-state index contributed by atoms with van der Waals surface area (Å²) in [5.41, 5.74) is 6.23. The Hall–Kier alpha value is -11.3. The van der Waals surface area contributed by atoms with Crippen molar-refractivity contribution in [3.8, 4) is 70.2 Å². The van der Waals surface area contributed by atoms with E-state index in [0.29, 0.717) is 69.2 Å². The van der Waals surface area contributed by atoms with E-state index in [1.165, 1.54) is 19.2 Å². The molecule has 4 N–H and O–H groups in total. The van der Waals surface area contributed by atoms with E-state index in [1.807, 2.05) is 82.0 Å². The molecule has 3 aromatic heterocycles. The summed E-state index contributed by atoms with van der Waals surface area (Å²) in [4.78, 5) is 51.4. The molecule has 0 saturated carbocycles. The van der Waals surface area contributed by atoms with Crippen LogP contribution in [0.4, 0.5) is 29.1 Å². The first-order valence-electron chi connectivity index (χ1n) is 38.6. The second-order valence-electron chi connectivity index (χ2n) is 31.0. The molecule has 0 unspecified atom stereocenters. The Kier molecular flexibility index (Phi) is 32.1. The highest BCUT2D eigenvalue weighted by Gasteiger charge is 2.31. The number of aryl methyl sites for hydroxylation is 2. The van der Waals surface area contributed by atoms with Gasteiger partial charge in [-0.1, -0.05) is 167 Å². The number of halogens is 2. The first-order chi connectivity index (χ1) is 56.8. The van der Waals surface area contributed by atoms with Crippen molar-refractivity contribution in [2.45, 2.75) is 159 Å². The van der Waals surface area contributed by atoms with Gasteiger partial charge in [0, 0.05) is 31.6 Å². The largest absolute Gasteiger partial charge is 0.493 e. The summed E-state index contributed by atoms with van der Waals surface area (Å²) in [6.45, 7) is 28.5. The molecule has 11 rings (SSSR count). The molecule has 636 valence electrons. The van der Waals surface area contributed by atoms with Crippen molar-refractivity contribution in [2.75, 3.05) is 77.6 Å². The lowest BCUT2D eigenvalue weighted by molar-refractivity contribution is -0.116. The average Bonchev–Trinajstić information content (AvgIpc) is 0.785. The van der Waals surface area contributed by atoms with Crippen molar-refractivity contribution in [2.24, 2.45) is 0 Å². The van der Waals surface area contributed by atoms with Crippen LogP contribution in [0.25, 0.3) is 0 Å². The van der Waals surface area contributed by atoms with E-state index in [9.17, 15) is 34.8 Å². The number of rotatable bonds is 32. The predicted octanol–water partition coefficient (Wildman–Crippen LogP) is 18.6.